The molecule has 0 unspecified atom stereocenters. The molecular weight excluding hydrogens is 484 g/mol. The second-order valence-corrected chi connectivity index (χ2v) is 16.8. The number of rotatable bonds is 14. The van der Waals surface area contributed by atoms with Gasteiger partial charge >= 0.3 is 8.56 Å². The van der Waals surface area contributed by atoms with E-state index in [0.717, 1.165) is 12.5 Å². The van der Waals surface area contributed by atoms with Crippen LogP contribution in [0.2, 0.25) is 11.1 Å². The first-order chi connectivity index (χ1) is 15.1. The highest BCUT2D eigenvalue weighted by atomic mass is 32.2. The Balaban J connectivity index is 3.43. The molecule has 0 aliphatic carbocycles. The maximum atomic E-state index is 12.0. The van der Waals surface area contributed by atoms with E-state index >= 15 is 0 Å². The van der Waals surface area contributed by atoms with Crippen molar-refractivity contribution in [3.8, 4) is 0 Å². The largest absolute Gasteiger partial charge is 0.388 e. The Kier molecular flexibility index (Phi) is 11.9. The zero-order valence-electron chi connectivity index (χ0n) is 20.9. The maximum Gasteiger partial charge on any atom is 0.344 e. The monoisotopic (exact) mass is 526 g/mol. The summed E-state index contributed by atoms with van der Waals surface area (Å²) in [6.07, 6.45) is 6.02. The standard InChI is InChI=1S/C22H42O8S2Si/c1-9-11-13-19(27-31(7,23)24)21-15-16-22(20(14-12-10-2)28-32(8,25)26)30-33(29-21,17(3)4)18(5)6/h9-10,17-22H,1-2,11-16H2,3-8H3/t19-,20-,21+,22+/m1/s1. The van der Waals surface area contributed by atoms with Crippen LogP contribution in [0.25, 0.3) is 0 Å². The van der Waals surface area contributed by atoms with Crippen LogP contribution >= 0.6 is 0 Å². The molecule has 0 saturated carbocycles. The summed E-state index contributed by atoms with van der Waals surface area (Å²) in [4.78, 5) is 0. The molecule has 33 heavy (non-hydrogen) atoms. The molecule has 1 fully saturated rings. The third-order valence-electron chi connectivity index (χ3n) is 5.75. The summed E-state index contributed by atoms with van der Waals surface area (Å²) in [5.74, 6) is 0. The quantitative estimate of drug-likeness (QED) is 0.186. The van der Waals surface area contributed by atoms with Crippen LogP contribution < -0.4 is 0 Å². The van der Waals surface area contributed by atoms with E-state index in [9.17, 15) is 16.8 Å². The Hall–Kier alpha value is -0.563. The van der Waals surface area contributed by atoms with Gasteiger partial charge in [-0.15, -0.1) is 13.2 Å². The molecule has 1 aliphatic heterocycles. The molecule has 8 nitrogen and oxygen atoms in total. The summed E-state index contributed by atoms with van der Waals surface area (Å²) in [6.45, 7) is 15.6. The first-order valence-corrected chi connectivity index (χ1v) is 17.1. The zero-order chi connectivity index (χ0) is 25.4. The van der Waals surface area contributed by atoms with Gasteiger partial charge in [0.15, 0.2) is 0 Å². The van der Waals surface area contributed by atoms with E-state index in [1.54, 1.807) is 12.2 Å². The lowest BCUT2D eigenvalue weighted by molar-refractivity contribution is 0.0103. The SMILES string of the molecule is C=CCC[C@@H](OS(C)(=O)=O)[C@@H]1CC[C@@H]([C@@H](CCC=C)OS(C)(=O)=O)O[Si](C(C)C)(C(C)C)O1. The molecule has 1 aliphatic rings. The van der Waals surface area contributed by atoms with Crippen LogP contribution in [0.3, 0.4) is 0 Å². The summed E-state index contributed by atoms with van der Waals surface area (Å²) >= 11 is 0. The van der Waals surface area contributed by atoms with Crippen molar-refractivity contribution in [1.82, 2.24) is 0 Å². The van der Waals surface area contributed by atoms with Crippen molar-refractivity contribution in [3.63, 3.8) is 0 Å². The second kappa shape index (κ2) is 12.9. The highest BCUT2D eigenvalue weighted by molar-refractivity contribution is 7.86. The molecule has 0 aromatic carbocycles. The van der Waals surface area contributed by atoms with Gasteiger partial charge < -0.3 is 8.85 Å². The normalized spacial score (nSPS) is 23.8. The van der Waals surface area contributed by atoms with Gasteiger partial charge in [-0.1, -0.05) is 39.8 Å². The van der Waals surface area contributed by atoms with Gasteiger partial charge in [0.05, 0.1) is 24.7 Å². The minimum Gasteiger partial charge on any atom is -0.388 e. The van der Waals surface area contributed by atoms with Gasteiger partial charge in [-0.2, -0.15) is 16.8 Å². The molecule has 0 amide bonds. The van der Waals surface area contributed by atoms with Crippen molar-refractivity contribution in [2.24, 2.45) is 0 Å². The van der Waals surface area contributed by atoms with Crippen LogP contribution in [0.15, 0.2) is 25.3 Å². The van der Waals surface area contributed by atoms with Gasteiger partial charge in [-0.05, 0) is 49.6 Å². The molecule has 0 bridgehead atoms. The molecule has 0 N–H and O–H groups in total. The molecule has 0 aromatic heterocycles. The topological polar surface area (TPSA) is 105 Å². The van der Waals surface area contributed by atoms with Crippen LogP contribution in [0.4, 0.5) is 0 Å². The highest BCUT2D eigenvalue weighted by Crippen LogP contribution is 2.42. The minimum absolute atomic E-state index is 0.0252. The minimum atomic E-state index is -3.71. The van der Waals surface area contributed by atoms with Crippen molar-refractivity contribution in [2.45, 2.75) is 102 Å². The van der Waals surface area contributed by atoms with E-state index in [1.807, 2.05) is 27.7 Å². The van der Waals surface area contributed by atoms with Crippen LogP contribution in [0.1, 0.15) is 66.2 Å². The molecule has 0 radical (unpaired) electrons. The van der Waals surface area contributed by atoms with Crippen molar-refractivity contribution < 1.29 is 34.1 Å². The lowest BCUT2D eigenvalue weighted by Gasteiger charge is -2.42. The van der Waals surface area contributed by atoms with Crippen molar-refractivity contribution >= 4 is 28.8 Å². The summed E-state index contributed by atoms with van der Waals surface area (Å²) in [5, 5.41) is 0. The van der Waals surface area contributed by atoms with Crippen LogP contribution in [0, 0.1) is 0 Å². The van der Waals surface area contributed by atoms with Crippen molar-refractivity contribution in [3.05, 3.63) is 25.3 Å². The second-order valence-electron chi connectivity index (χ2n) is 9.33. The highest BCUT2D eigenvalue weighted by Gasteiger charge is 2.52. The summed E-state index contributed by atoms with van der Waals surface area (Å²) in [5.41, 5.74) is 0.0503. The van der Waals surface area contributed by atoms with Gasteiger partial charge in [-0.3, -0.25) is 8.37 Å². The lowest BCUT2D eigenvalue weighted by atomic mass is 9.98. The first-order valence-electron chi connectivity index (χ1n) is 11.5. The number of hydrogen-bond acceptors (Lipinski definition) is 8. The van der Waals surface area contributed by atoms with Gasteiger partial charge in [0.2, 0.25) is 0 Å². The molecule has 0 spiro atoms. The molecule has 4 atom stereocenters. The molecular formula is C22H42O8S2Si. The molecule has 0 aromatic rings. The fourth-order valence-corrected chi connectivity index (χ4v) is 9.59. The molecule has 1 saturated heterocycles. The van der Waals surface area contributed by atoms with E-state index in [0.29, 0.717) is 38.5 Å². The third-order valence-corrected chi connectivity index (χ3v) is 11.5. The van der Waals surface area contributed by atoms with E-state index < -0.39 is 53.2 Å². The third kappa shape index (κ3) is 9.91. The molecule has 11 heteroatoms. The summed E-state index contributed by atoms with van der Waals surface area (Å²) in [7, 11) is -10.4. The van der Waals surface area contributed by atoms with Gasteiger partial charge in [0.1, 0.15) is 12.2 Å². The van der Waals surface area contributed by atoms with E-state index in [-0.39, 0.29) is 11.1 Å². The van der Waals surface area contributed by atoms with Crippen LogP contribution in [0.5, 0.6) is 0 Å². The molecule has 194 valence electrons. The molecule has 1 heterocycles. The summed E-state index contributed by atoms with van der Waals surface area (Å²) < 4.78 is 72.3. The zero-order valence-corrected chi connectivity index (χ0v) is 23.5. The predicted molar refractivity (Wildman–Crippen MR) is 133 cm³/mol. The van der Waals surface area contributed by atoms with Gasteiger partial charge in [-0.25, -0.2) is 0 Å². The van der Waals surface area contributed by atoms with E-state index in [2.05, 4.69) is 13.2 Å². The Labute approximate surface area is 202 Å². The van der Waals surface area contributed by atoms with Gasteiger partial charge in [0, 0.05) is 0 Å². The first kappa shape index (κ1) is 30.5. The number of hydrogen-bond donors (Lipinski definition) is 0. The fraction of sp³-hybridized carbons (Fsp3) is 0.818. The predicted octanol–water partition coefficient (Wildman–Crippen LogP) is 4.43. The Bertz CT molecular complexity index is 768. The summed E-state index contributed by atoms with van der Waals surface area (Å²) in [6, 6.07) is 0. The van der Waals surface area contributed by atoms with Crippen molar-refractivity contribution in [2.75, 3.05) is 12.5 Å². The van der Waals surface area contributed by atoms with E-state index in [1.165, 1.54) is 0 Å². The average molecular weight is 527 g/mol. The molecule has 1 rings (SSSR count). The van der Waals surface area contributed by atoms with Crippen LogP contribution in [-0.2, 0) is 37.5 Å². The maximum absolute atomic E-state index is 12.0. The Morgan fingerprint density at radius 2 is 1.15 bits per heavy atom. The Morgan fingerprint density at radius 3 is 1.39 bits per heavy atom. The lowest BCUT2D eigenvalue weighted by Crippen LogP contribution is -2.54. The van der Waals surface area contributed by atoms with Crippen molar-refractivity contribution in [1.29, 1.82) is 0 Å². The number of allylic oxidation sites excluding steroid dienone is 2. The smallest absolute Gasteiger partial charge is 0.344 e. The Morgan fingerprint density at radius 1 is 0.818 bits per heavy atom. The van der Waals surface area contributed by atoms with Crippen LogP contribution in [-0.4, -0.2) is 62.3 Å². The average Bonchev–Trinajstić information content (AvgIpc) is 2.88. The van der Waals surface area contributed by atoms with E-state index in [4.69, 9.17) is 17.2 Å². The van der Waals surface area contributed by atoms with Gasteiger partial charge in [0.25, 0.3) is 20.2 Å². The fourth-order valence-electron chi connectivity index (χ4n) is 4.29.